The number of hydrogen-bond donors (Lipinski definition) is 2. The van der Waals surface area contributed by atoms with Gasteiger partial charge in [0.15, 0.2) is 11.5 Å². The topological polar surface area (TPSA) is 75.7 Å². The fourth-order valence-electron chi connectivity index (χ4n) is 2.85. The van der Waals surface area contributed by atoms with Gasteiger partial charge in [0.2, 0.25) is 0 Å². The molecule has 6 nitrogen and oxygen atoms in total. The zero-order valence-electron chi connectivity index (χ0n) is 12.8. The van der Waals surface area contributed by atoms with Crippen molar-refractivity contribution in [2.24, 2.45) is 0 Å². The summed E-state index contributed by atoms with van der Waals surface area (Å²) in [5.41, 5.74) is 2.70. The molecule has 3 aromatic rings. The summed E-state index contributed by atoms with van der Waals surface area (Å²) >= 11 is 0. The van der Waals surface area contributed by atoms with Crippen LogP contribution in [0.3, 0.4) is 0 Å². The van der Waals surface area contributed by atoms with E-state index in [-0.39, 0.29) is 6.23 Å². The molecule has 23 heavy (non-hydrogen) atoms. The Morgan fingerprint density at radius 2 is 2.09 bits per heavy atom. The molecular weight excluding hydrogens is 290 g/mol. The van der Waals surface area contributed by atoms with Gasteiger partial charge in [0.1, 0.15) is 17.6 Å². The number of anilines is 1. The van der Waals surface area contributed by atoms with Crippen LogP contribution >= 0.6 is 0 Å². The molecule has 1 aromatic carbocycles. The maximum Gasteiger partial charge on any atom is 0.183 e. The summed E-state index contributed by atoms with van der Waals surface area (Å²) in [6, 6.07) is 10.2. The summed E-state index contributed by atoms with van der Waals surface area (Å²) in [7, 11) is 0. The molecule has 118 valence electrons. The highest BCUT2D eigenvalue weighted by Crippen LogP contribution is 2.21. The van der Waals surface area contributed by atoms with E-state index in [1.165, 1.54) is 12.0 Å². The molecule has 1 atom stereocenters. The van der Waals surface area contributed by atoms with Crippen LogP contribution in [0.15, 0.2) is 36.7 Å². The lowest BCUT2D eigenvalue weighted by Crippen LogP contribution is -2.28. The van der Waals surface area contributed by atoms with E-state index in [9.17, 15) is 0 Å². The van der Waals surface area contributed by atoms with Crippen LogP contribution in [0, 0.1) is 0 Å². The van der Waals surface area contributed by atoms with Crippen molar-refractivity contribution in [2.75, 3.05) is 11.9 Å². The first-order valence-electron chi connectivity index (χ1n) is 8.00. The molecule has 1 aliphatic heterocycles. The summed E-state index contributed by atoms with van der Waals surface area (Å²) in [5.74, 6) is 1.53. The van der Waals surface area contributed by atoms with E-state index in [4.69, 9.17) is 4.74 Å². The predicted octanol–water partition coefficient (Wildman–Crippen LogP) is 2.88. The van der Waals surface area contributed by atoms with E-state index in [2.05, 4.69) is 37.4 Å². The van der Waals surface area contributed by atoms with E-state index in [1.807, 2.05) is 18.2 Å². The smallest absolute Gasteiger partial charge is 0.183 e. The molecule has 1 unspecified atom stereocenters. The van der Waals surface area contributed by atoms with Gasteiger partial charge in [-0.15, -0.1) is 0 Å². The average molecular weight is 309 g/mol. The molecule has 1 aliphatic rings. The molecule has 1 saturated heterocycles. The van der Waals surface area contributed by atoms with Gasteiger partial charge in [-0.2, -0.15) is 0 Å². The van der Waals surface area contributed by atoms with Crippen molar-refractivity contribution in [2.45, 2.75) is 31.9 Å². The van der Waals surface area contributed by atoms with Gasteiger partial charge in [0.05, 0.1) is 6.33 Å². The third kappa shape index (κ3) is 3.17. The second-order valence-corrected chi connectivity index (χ2v) is 5.75. The standard InChI is InChI=1S/C17H19N5O/c1-2-6-12(7-3-1)10-13-20-16-15(18-11-19-16)17(21-13)22-14-8-4-5-9-23-14/h1-3,6-7,11,14H,4-5,8-10H2,(H2,18,19,20,21,22). The zero-order chi connectivity index (χ0) is 15.5. The number of fused-ring (bicyclic) bond motifs is 1. The summed E-state index contributed by atoms with van der Waals surface area (Å²) in [6.07, 6.45) is 5.64. The Balaban J connectivity index is 1.64. The quantitative estimate of drug-likeness (QED) is 0.775. The van der Waals surface area contributed by atoms with Crippen LogP contribution in [-0.2, 0) is 11.2 Å². The highest BCUT2D eigenvalue weighted by atomic mass is 16.5. The van der Waals surface area contributed by atoms with Gasteiger partial charge in [0, 0.05) is 13.0 Å². The Bertz CT molecular complexity index is 780. The first kappa shape index (κ1) is 14.1. The number of nitrogens with one attached hydrogen (secondary N) is 2. The molecule has 6 heteroatoms. The Kier molecular flexibility index (Phi) is 3.90. The minimum absolute atomic E-state index is 0.00900. The van der Waals surface area contributed by atoms with Gasteiger partial charge in [-0.1, -0.05) is 30.3 Å². The van der Waals surface area contributed by atoms with Crippen molar-refractivity contribution in [3.8, 4) is 0 Å². The lowest BCUT2D eigenvalue weighted by molar-refractivity contribution is 0.0341. The highest BCUT2D eigenvalue weighted by molar-refractivity contribution is 5.82. The van der Waals surface area contributed by atoms with Crippen LogP contribution in [0.2, 0.25) is 0 Å². The molecule has 1 fully saturated rings. The number of ether oxygens (including phenoxy) is 1. The van der Waals surface area contributed by atoms with Crippen LogP contribution in [0.4, 0.5) is 5.82 Å². The van der Waals surface area contributed by atoms with Crippen molar-refractivity contribution >= 4 is 17.0 Å². The number of aromatic nitrogens is 4. The summed E-state index contributed by atoms with van der Waals surface area (Å²) in [4.78, 5) is 16.6. The Morgan fingerprint density at radius 1 is 1.17 bits per heavy atom. The number of benzene rings is 1. The predicted molar refractivity (Wildman–Crippen MR) is 88.1 cm³/mol. The summed E-state index contributed by atoms with van der Waals surface area (Å²) in [6.45, 7) is 0.797. The molecule has 2 aromatic heterocycles. The average Bonchev–Trinajstić information content (AvgIpc) is 3.05. The second-order valence-electron chi connectivity index (χ2n) is 5.75. The van der Waals surface area contributed by atoms with Crippen molar-refractivity contribution in [1.82, 2.24) is 19.9 Å². The van der Waals surface area contributed by atoms with Gasteiger partial charge >= 0.3 is 0 Å². The van der Waals surface area contributed by atoms with Crippen LogP contribution < -0.4 is 5.32 Å². The molecule has 0 bridgehead atoms. The lowest BCUT2D eigenvalue weighted by atomic mass is 10.1. The van der Waals surface area contributed by atoms with Crippen LogP contribution in [0.1, 0.15) is 30.7 Å². The molecule has 0 radical (unpaired) electrons. The number of aromatic amines is 1. The molecule has 3 heterocycles. The minimum Gasteiger partial charge on any atom is -0.359 e. The largest absolute Gasteiger partial charge is 0.359 e. The minimum atomic E-state index is 0.00900. The number of imidazole rings is 1. The Hall–Kier alpha value is -2.47. The Morgan fingerprint density at radius 3 is 2.91 bits per heavy atom. The van der Waals surface area contributed by atoms with Crippen molar-refractivity contribution in [3.63, 3.8) is 0 Å². The molecule has 0 spiro atoms. The van der Waals surface area contributed by atoms with Gasteiger partial charge < -0.3 is 15.0 Å². The fraction of sp³-hybridized carbons (Fsp3) is 0.353. The summed E-state index contributed by atoms with van der Waals surface area (Å²) in [5, 5.41) is 3.39. The van der Waals surface area contributed by atoms with Gasteiger partial charge in [-0.25, -0.2) is 15.0 Å². The second kappa shape index (κ2) is 6.34. The SMILES string of the molecule is c1ccc(Cc2nc(NC3CCCCO3)c3[nH]cnc3n2)cc1. The molecule has 0 saturated carbocycles. The maximum atomic E-state index is 5.76. The first-order chi connectivity index (χ1) is 11.4. The van der Waals surface area contributed by atoms with E-state index < -0.39 is 0 Å². The molecule has 2 N–H and O–H groups in total. The van der Waals surface area contributed by atoms with Gasteiger partial charge in [-0.05, 0) is 24.8 Å². The number of H-pyrrole nitrogens is 1. The molecule has 0 aliphatic carbocycles. The summed E-state index contributed by atoms with van der Waals surface area (Å²) < 4.78 is 5.76. The highest BCUT2D eigenvalue weighted by Gasteiger charge is 2.17. The van der Waals surface area contributed by atoms with E-state index in [0.29, 0.717) is 12.1 Å². The van der Waals surface area contributed by atoms with Gasteiger partial charge in [-0.3, -0.25) is 0 Å². The third-order valence-electron chi connectivity index (χ3n) is 4.01. The van der Waals surface area contributed by atoms with E-state index >= 15 is 0 Å². The lowest BCUT2D eigenvalue weighted by Gasteiger charge is -2.24. The fourth-order valence-corrected chi connectivity index (χ4v) is 2.85. The van der Waals surface area contributed by atoms with E-state index in [0.717, 1.165) is 36.6 Å². The normalized spacial score (nSPS) is 18.2. The van der Waals surface area contributed by atoms with Crippen molar-refractivity contribution in [1.29, 1.82) is 0 Å². The molecular formula is C17H19N5O. The molecule has 4 rings (SSSR count). The van der Waals surface area contributed by atoms with Crippen molar-refractivity contribution < 1.29 is 4.74 Å². The van der Waals surface area contributed by atoms with Crippen LogP contribution in [0.5, 0.6) is 0 Å². The van der Waals surface area contributed by atoms with Crippen molar-refractivity contribution in [3.05, 3.63) is 48.0 Å². The first-order valence-corrected chi connectivity index (χ1v) is 8.00. The number of rotatable bonds is 4. The zero-order valence-corrected chi connectivity index (χ0v) is 12.8. The van der Waals surface area contributed by atoms with Crippen LogP contribution in [0.25, 0.3) is 11.2 Å². The monoisotopic (exact) mass is 309 g/mol. The number of hydrogen-bond acceptors (Lipinski definition) is 5. The van der Waals surface area contributed by atoms with E-state index in [1.54, 1.807) is 6.33 Å². The Labute approximate surface area is 134 Å². The molecule has 0 amide bonds. The van der Waals surface area contributed by atoms with Gasteiger partial charge in [0.25, 0.3) is 0 Å². The third-order valence-corrected chi connectivity index (χ3v) is 4.01. The maximum absolute atomic E-state index is 5.76. The number of nitrogens with zero attached hydrogens (tertiary/aromatic N) is 3. The van der Waals surface area contributed by atoms with Crippen LogP contribution in [-0.4, -0.2) is 32.8 Å².